The van der Waals surface area contributed by atoms with E-state index in [2.05, 4.69) is 59.5 Å². The number of carbonyl (C=O) groups excluding carboxylic acids is 1. The molecule has 0 aliphatic carbocycles. The van der Waals surface area contributed by atoms with E-state index in [1.165, 1.54) is 21.9 Å². The van der Waals surface area contributed by atoms with Gasteiger partial charge >= 0.3 is 0 Å². The van der Waals surface area contributed by atoms with Crippen LogP contribution >= 0.6 is 0 Å². The lowest BCUT2D eigenvalue weighted by atomic mass is 9.99. The van der Waals surface area contributed by atoms with Crippen LogP contribution in [0.4, 0.5) is 5.69 Å². The molecule has 1 aliphatic heterocycles. The number of hydrogen-bond donors (Lipinski definition) is 0. The number of rotatable bonds is 3. The number of hydrogen-bond acceptors (Lipinski definition) is 2. The van der Waals surface area contributed by atoms with Crippen LogP contribution in [0.2, 0.25) is 0 Å². The van der Waals surface area contributed by atoms with Crippen LogP contribution in [-0.4, -0.2) is 30.4 Å². The Kier molecular flexibility index (Phi) is 4.37. The molecule has 1 amide bonds. The molecule has 3 aromatic carbocycles. The normalized spacial score (nSPS) is 14.8. The Balaban J connectivity index is 1.52. The van der Waals surface area contributed by atoms with Crippen LogP contribution in [0.5, 0.6) is 0 Å². The van der Waals surface area contributed by atoms with Crippen molar-refractivity contribution in [3.8, 4) is 0 Å². The van der Waals surface area contributed by atoms with Crippen molar-refractivity contribution in [2.45, 2.75) is 25.9 Å². The molecule has 0 radical (unpaired) electrons. The van der Waals surface area contributed by atoms with Crippen LogP contribution < -0.4 is 4.90 Å². The minimum absolute atomic E-state index is 0.190. The highest BCUT2D eigenvalue weighted by atomic mass is 16.2. The maximum atomic E-state index is 13.1. The summed E-state index contributed by atoms with van der Waals surface area (Å²) in [7, 11) is 2.00. The summed E-state index contributed by atoms with van der Waals surface area (Å²) in [5, 5.41) is 2.42. The smallest absolute Gasteiger partial charge is 0.245 e. The fourth-order valence-electron chi connectivity index (χ4n) is 3.73. The van der Waals surface area contributed by atoms with Crippen molar-refractivity contribution >= 4 is 22.4 Å². The summed E-state index contributed by atoms with van der Waals surface area (Å²) < 4.78 is 0. The summed E-state index contributed by atoms with van der Waals surface area (Å²) in [6.45, 7) is 3.51. The van der Waals surface area contributed by atoms with Crippen molar-refractivity contribution in [2.75, 3.05) is 18.5 Å². The van der Waals surface area contributed by atoms with E-state index in [1.54, 1.807) is 0 Å². The maximum absolute atomic E-state index is 13.1. The van der Waals surface area contributed by atoms with E-state index in [4.69, 9.17) is 0 Å². The highest BCUT2D eigenvalue weighted by Crippen LogP contribution is 2.24. The zero-order chi connectivity index (χ0) is 18.1. The second kappa shape index (κ2) is 6.83. The first kappa shape index (κ1) is 16.6. The van der Waals surface area contributed by atoms with Gasteiger partial charge in [0.2, 0.25) is 5.91 Å². The van der Waals surface area contributed by atoms with Gasteiger partial charge in [0.05, 0.1) is 0 Å². The molecule has 3 heteroatoms. The topological polar surface area (TPSA) is 23.6 Å². The van der Waals surface area contributed by atoms with Gasteiger partial charge in [0, 0.05) is 25.8 Å². The zero-order valence-electron chi connectivity index (χ0n) is 15.4. The molecule has 0 unspecified atom stereocenters. The lowest BCUT2D eigenvalue weighted by Crippen LogP contribution is -2.47. The Morgan fingerprint density at radius 3 is 2.46 bits per heavy atom. The second-order valence-electron chi connectivity index (χ2n) is 7.10. The summed E-state index contributed by atoms with van der Waals surface area (Å²) in [4.78, 5) is 17.1. The molecule has 0 fully saturated rings. The molecule has 3 aromatic rings. The molecule has 1 heterocycles. The molecule has 0 saturated carbocycles. The molecule has 132 valence electrons. The van der Waals surface area contributed by atoms with Crippen molar-refractivity contribution in [3.05, 3.63) is 77.9 Å². The van der Waals surface area contributed by atoms with Crippen molar-refractivity contribution in [3.63, 3.8) is 0 Å². The lowest BCUT2D eigenvalue weighted by Gasteiger charge is -2.34. The van der Waals surface area contributed by atoms with Crippen LogP contribution in [0.3, 0.4) is 0 Å². The number of benzene rings is 3. The fourth-order valence-corrected chi connectivity index (χ4v) is 3.73. The molecule has 3 nitrogen and oxygen atoms in total. The van der Waals surface area contributed by atoms with E-state index in [0.717, 1.165) is 18.7 Å². The Bertz CT molecular complexity index is 950. The number of anilines is 1. The monoisotopic (exact) mass is 344 g/mol. The van der Waals surface area contributed by atoms with Crippen molar-refractivity contribution in [1.82, 2.24) is 4.90 Å². The molecule has 26 heavy (non-hydrogen) atoms. The van der Waals surface area contributed by atoms with E-state index in [1.807, 2.05) is 31.0 Å². The van der Waals surface area contributed by atoms with Gasteiger partial charge in [-0.15, -0.1) is 0 Å². The van der Waals surface area contributed by atoms with Crippen LogP contribution in [0.15, 0.2) is 66.7 Å². The lowest BCUT2D eigenvalue weighted by molar-refractivity contribution is -0.133. The molecule has 1 aliphatic rings. The molecule has 0 N–H and O–H groups in total. The summed E-state index contributed by atoms with van der Waals surface area (Å²) in [6, 6.07) is 22.9. The fraction of sp³-hybridized carbons (Fsp3) is 0.261. The molecule has 0 bridgehead atoms. The van der Waals surface area contributed by atoms with E-state index in [9.17, 15) is 4.79 Å². The first-order valence-corrected chi connectivity index (χ1v) is 9.21. The Morgan fingerprint density at radius 2 is 1.65 bits per heavy atom. The molecular weight excluding hydrogens is 320 g/mol. The van der Waals surface area contributed by atoms with Crippen LogP contribution in [0, 0.1) is 0 Å². The third-order valence-electron chi connectivity index (χ3n) is 5.52. The third-order valence-corrected chi connectivity index (χ3v) is 5.52. The Labute approximate surface area is 154 Å². The van der Waals surface area contributed by atoms with Gasteiger partial charge in [0.25, 0.3) is 0 Å². The summed E-state index contributed by atoms with van der Waals surface area (Å²) in [5.41, 5.74) is 3.71. The first-order chi connectivity index (χ1) is 12.6. The molecule has 0 saturated heterocycles. The van der Waals surface area contributed by atoms with Crippen LogP contribution in [-0.2, 0) is 17.8 Å². The Hall–Kier alpha value is -2.81. The largest absolute Gasteiger partial charge is 0.363 e. The highest BCUT2D eigenvalue weighted by molar-refractivity contribution is 5.89. The van der Waals surface area contributed by atoms with Gasteiger partial charge in [-0.1, -0.05) is 54.6 Å². The van der Waals surface area contributed by atoms with E-state index >= 15 is 0 Å². The zero-order valence-corrected chi connectivity index (χ0v) is 15.4. The predicted octanol–water partition coefficient (Wildman–Crippen LogP) is 4.25. The average molecular weight is 344 g/mol. The molecule has 4 rings (SSSR count). The van der Waals surface area contributed by atoms with Gasteiger partial charge in [-0.2, -0.15) is 0 Å². The minimum atomic E-state index is -0.193. The Morgan fingerprint density at radius 1 is 0.962 bits per heavy atom. The van der Waals surface area contributed by atoms with Crippen molar-refractivity contribution in [1.29, 1.82) is 0 Å². The number of fused-ring (bicyclic) bond motifs is 2. The molecule has 1 atom stereocenters. The van der Waals surface area contributed by atoms with Gasteiger partial charge in [-0.3, -0.25) is 4.79 Å². The number of carbonyl (C=O) groups is 1. The van der Waals surface area contributed by atoms with Crippen LogP contribution in [0.25, 0.3) is 10.8 Å². The van der Waals surface area contributed by atoms with Gasteiger partial charge in [-0.25, -0.2) is 0 Å². The summed E-state index contributed by atoms with van der Waals surface area (Å²) in [6.07, 6.45) is 0.939. The second-order valence-corrected chi connectivity index (χ2v) is 7.10. The van der Waals surface area contributed by atoms with Gasteiger partial charge in [0.1, 0.15) is 6.04 Å². The molecule has 0 aromatic heterocycles. The standard InChI is InChI=1S/C23H24N2O/c1-17(23(26)25-14-13-19-8-4-6-10-21(19)16-25)24(2)22-12-11-18-7-3-5-9-20(18)15-22/h3-12,15,17H,13-14,16H2,1-2H3/t17-/m0/s1. The number of nitrogens with zero attached hydrogens (tertiary/aromatic N) is 2. The van der Waals surface area contributed by atoms with Gasteiger partial charge < -0.3 is 9.80 Å². The number of amides is 1. The third kappa shape index (κ3) is 3.05. The summed E-state index contributed by atoms with van der Waals surface area (Å²) >= 11 is 0. The van der Waals surface area contributed by atoms with Crippen molar-refractivity contribution < 1.29 is 4.79 Å². The summed E-state index contributed by atoms with van der Waals surface area (Å²) in [5.74, 6) is 0.190. The minimum Gasteiger partial charge on any atom is -0.363 e. The van der Waals surface area contributed by atoms with E-state index in [-0.39, 0.29) is 11.9 Å². The molecule has 0 spiro atoms. The van der Waals surface area contributed by atoms with E-state index in [0.29, 0.717) is 6.54 Å². The SMILES string of the molecule is C[C@@H](C(=O)N1CCc2ccccc2C1)N(C)c1ccc2ccccc2c1. The predicted molar refractivity (Wildman–Crippen MR) is 107 cm³/mol. The highest BCUT2D eigenvalue weighted by Gasteiger charge is 2.27. The van der Waals surface area contributed by atoms with Gasteiger partial charge in [0.15, 0.2) is 0 Å². The van der Waals surface area contributed by atoms with Crippen molar-refractivity contribution in [2.24, 2.45) is 0 Å². The maximum Gasteiger partial charge on any atom is 0.245 e. The van der Waals surface area contributed by atoms with Crippen LogP contribution in [0.1, 0.15) is 18.1 Å². The first-order valence-electron chi connectivity index (χ1n) is 9.21. The van der Waals surface area contributed by atoms with E-state index < -0.39 is 0 Å². The quantitative estimate of drug-likeness (QED) is 0.709. The molecular formula is C23H24N2O. The number of likely N-dealkylation sites (N-methyl/N-ethyl adjacent to an activating group) is 1. The average Bonchev–Trinajstić information content (AvgIpc) is 2.71. The van der Waals surface area contributed by atoms with Gasteiger partial charge in [-0.05, 0) is 47.4 Å².